The number of hydrogen-bond acceptors (Lipinski definition) is 2. The molecule has 3 nitrogen and oxygen atoms in total. The summed E-state index contributed by atoms with van der Waals surface area (Å²) >= 11 is 3.41. The standard InChI is InChI=1S/C12H16BrNO2/c13-6-7-14(11-3-1-2-4-11)12(15)10-5-8-16-9-10/h5,8-9,11H,1-4,6-7H2. The van der Waals surface area contributed by atoms with E-state index in [2.05, 4.69) is 15.9 Å². The molecule has 0 bridgehead atoms. The number of rotatable bonds is 4. The van der Waals surface area contributed by atoms with Gasteiger partial charge in [-0.1, -0.05) is 28.8 Å². The smallest absolute Gasteiger partial charge is 0.257 e. The highest BCUT2D eigenvalue weighted by molar-refractivity contribution is 9.09. The molecule has 0 unspecified atom stereocenters. The number of carbonyl (C=O) groups excluding carboxylic acids is 1. The molecule has 0 saturated heterocycles. The highest BCUT2D eigenvalue weighted by Gasteiger charge is 2.27. The number of halogens is 1. The Morgan fingerprint density at radius 1 is 1.50 bits per heavy atom. The Balaban J connectivity index is 2.09. The number of carbonyl (C=O) groups is 1. The van der Waals surface area contributed by atoms with Crippen molar-refractivity contribution in [2.24, 2.45) is 0 Å². The molecular weight excluding hydrogens is 270 g/mol. The fourth-order valence-electron chi connectivity index (χ4n) is 2.31. The van der Waals surface area contributed by atoms with Gasteiger partial charge in [0.1, 0.15) is 6.26 Å². The van der Waals surface area contributed by atoms with Crippen LogP contribution in [0.5, 0.6) is 0 Å². The normalized spacial score (nSPS) is 16.6. The predicted molar refractivity (Wildman–Crippen MR) is 65.8 cm³/mol. The summed E-state index contributed by atoms with van der Waals surface area (Å²) in [7, 11) is 0. The minimum atomic E-state index is 0.0973. The van der Waals surface area contributed by atoms with E-state index in [-0.39, 0.29) is 5.91 Å². The Bertz CT molecular complexity index is 331. The van der Waals surface area contributed by atoms with E-state index in [1.165, 1.54) is 19.1 Å². The van der Waals surface area contributed by atoms with Crippen LogP contribution in [0.25, 0.3) is 0 Å². The maximum Gasteiger partial charge on any atom is 0.257 e. The van der Waals surface area contributed by atoms with Gasteiger partial charge < -0.3 is 9.32 Å². The van der Waals surface area contributed by atoms with Crippen LogP contribution in [0.4, 0.5) is 0 Å². The van der Waals surface area contributed by atoms with Gasteiger partial charge in [0, 0.05) is 17.9 Å². The molecule has 88 valence electrons. The monoisotopic (exact) mass is 285 g/mol. The average molecular weight is 286 g/mol. The van der Waals surface area contributed by atoms with Crippen LogP contribution >= 0.6 is 15.9 Å². The van der Waals surface area contributed by atoms with Crippen LogP contribution in [0.15, 0.2) is 23.0 Å². The Labute approximate surface area is 104 Å². The van der Waals surface area contributed by atoms with Crippen LogP contribution < -0.4 is 0 Å². The van der Waals surface area contributed by atoms with Gasteiger partial charge in [0.25, 0.3) is 5.91 Å². The van der Waals surface area contributed by atoms with Crippen molar-refractivity contribution in [3.05, 3.63) is 24.2 Å². The molecule has 1 saturated carbocycles. The molecule has 0 N–H and O–H groups in total. The third kappa shape index (κ3) is 2.48. The molecule has 1 fully saturated rings. The van der Waals surface area contributed by atoms with Gasteiger partial charge in [0.05, 0.1) is 11.8 Å². The zero-order chi connectivity index (χ0) is 11.4. The number of alkyl halides is 1. The van der Waals surface area contributed by atoms with E-state index in [0.717, 1.165) is 24.7 Å². The predicted octanol–water partition coefficient (Wildman–Crippen LogP) is 3.06. The Kier molecular flexibility index (Phi) is 4.04. The van der Waals surface area contributed by atoms with E-state index in [0.29, 0.717) is 11.6 Å². The van der Waals surface area contributed by atoms with E-state index >= 15 is 0 Å². The van der Waals surface area contributed by atoms with Gasteiger partial charge in [-0.05, 0) is 18.9 Å². The van der Waals surface area contributed by atoms with Crippen LogP contribution in [0.1, 0.15) is 36.0 Å². The molecule has 0 aromatic carbocycles. The topological polar surface area (TPSA) is 33.5 Å². The van der Waals surface area contributed by atoms with E-state index in [1.807, 2.05) is 4.90 Å². The second kappa shape index (κ2) is 5.53. The lowest BCUT2D eigenvalue weighted by Gasteiger charge is -2.27. The zero-order valence-electron chi connectivity index (χ0n) is 9.19. The van der Waals surface area contributed by atoms with E-state index < -0.39 is 0 Å². The third-order valence-electron chi connectivity index (χ3n) is 3.12. The molecule has 1 aromatic rings. The largest absolute Gasteiger partial charge is 0.472 e. The minimum absolute atomic E-state index is 0.0973. The first-order valence-corrected chi connectivity index (χ1v) is 6.84. The van der Waals surface area contributed by atoms with Crippen molar-refractivity contribution in [3.8, 4) is 0 Å². The minimum Gasteiger partial charge on any atom is -0.472 e. The lowest BCUT2D eigenvalue weighted by atomic mass is 10.2. The number of amides is 1. The summed E-state index contributed by atoms with van der Waals surface area (Å²) in [6.07, 6.45) is 7.82. The number of hydrogen-bond donors (Lipinski definition) is 0. The van der Waals surface area contributed by atoms with Crippen molar-refractivity contribution in [2.45, 2.75) is 31.7 Å². The summed E-state index contributed by atoms with van der Waals surface area (Å²) in [5.41, 5.74) is 0.660. The molecule has 16 heavy (non-hydrogen) atoms. The summed E-state index contributed by atoms with van der Waals surface area (Å²) in [6, 6.07) is 2.15. The highest BCUT2D eigenvalue weighted by atomic mass is 79.9. The van der Waals surface area contributed by atoms with Crippen molar-refractivity contribution in [1.82, 2.24) is 4.90 Å². The second-order valence-corrected chi connectivity index (χ2v) is 4.93. The van der Waals surface area contributed by atoms with Gasteiger partial charge >= 0.3 is 0 Å². The van der Waals surface area contributed by atoms with Crippen LogP contribution in [0.3, 0.4) is 0 Å². The molecule has 1 heterocycles. The zero-order valence-corrected chi connectivity index (χ0v) is 10.8. The van der Waals surface area contributed by atoms with Gasteiger partial charge in [0.2, 0.25) is 0 Å². The quantitative estimate of drug-likeness (QED) is 0.797. The van der Waals surface area contributed by atoms with Gasteiger partial charge in [-0.25, -0.2) is 0 Å². The van der Waals surface area contributed by atoms with Crippen molar-refractivity contribution in [3.63, 3.8) is 0 Å². The van der Waals surface area contributed by atoms with E-state index in [9.17, 15) is 4.79 Å². The third-order valence-corrected chi connectivity index (χ3v) is 3.47. The molecule has 0 spiro atoms. The Morgan fingerprint density at radius 3 is 2.81 bits per heavy atom. The van der Waals surface area contributed by atoms with Gasteiger partial charge in [-0.2, -0.15) is 0 Å². The molecule has 0 radical (unpaired) electrons. The summed E-state index contributed by atoms with van der Waals surface area (Å²) in [5.74, 6) is 0.0973. The van der Waals surface area contributed by atoms with Crippen LogP contribution in [-0.4, -0.2) is 28.7 Å². The van der Waals surface area contributed by atoms with Gasteiger partial charge in [-0.15, -0.1) is 0 Å². The van der Waals surface area contributed by atoms with Crippen molar-refractivity contribution < 1.29 is 9.21 Å². The molecule has 1 aromatic heterocycles. The average Bonchev–Trinajstić information content (AvgIpc) is 2.96. The maximum atomic E-state index is 12.2. The van der Waals surface area contributed by atoms with Crippen molar-refractivity contribution >= 4 is 21.8 Å². The Hall–Kier alpha value is -0.770. The summed E-state index contributed by atoms with van der Waals surface area (Å²) in [6.45, 7) is 0.772. The molecule has 1 aliphatic rings. The first kappa shape index (κ1) is 11.7. The lowest BCUT2D eigenvalue weighted by molar-refractivity contribution is 0.0695. The Morgan fingerprint density at radius 2 is 2.25 bits per heavy atom. The van der Waals surface area contributed by atoms with E-state index in [1.54, 1.807) is 12.3 Å². The summed E-state index contributed by atoms with van der Waals surface area (Å²) < 4.78 is 4.97. The first-order chi connectivity index (χ1) is 7.83. The fraction of sp³-hybridized carbons (Fsp3) is 0.583. The number of nitrogens with zero attached hydrogens (tertiary/aromatic N) is 1. The molecule has 2 rings (SSSR count). The summed E-state index contributed by atoms with van der Waals surface area (Å²) in [4.78, 5) is 14.2. The molecule has 0 aliphatic heterocycles. The summed E-state index contributed by atoms with van der Waals surface area (Å²) in [5, 5.41) is 0.826. The van der Waals surface area contributed by atoms with Crippen LogP contribution in [0, 0.1) is 0 Å². The van der Waals surface area contributed by atoms with E-state index in [4.69, 9.17) is 4.42 Å². The molecule has 1 amide bonds. The van der Waals surface area contributed by atoms with Gasteiger partial charge in [-0.3, -0.25) is 4.79 Å². The van der Waals surface area contributed by atoms with Crippen LogP contribution in [0.2, 0.25) is 0 Å². The lowest BCUT2D eigenvalue weighted by Crippen LogP contribution is -2.39. The maximum absolute atomic E-state index is 12.2. The second-order valence-electron chi connectivity index (χ2n) is 4.14. The van der Waals surface area contributed by atoms with Crippen molar-refractivity contribution in [2.75, 3.05) is 11.9 Å². The van der Waals surface area contributed by atoms with Crippen LogP contribution in [-0.2, 0) is 0 Å². The molecule has 4 heteroatoms. The molecule has 1 aliphatic carbocycles. The highest BCUT2D eigenvalue weighted by Crippen LogP contribution is 2.25. The van der Waals surface area contributed by atoms with Crippen molar-refractivity contribution in [1.29, 1.82) is 0 Å². The fourth-order valence-corrected chi connectivity index (χ4v) is 2.69. The first-order valence-electron chi connectivity index (χ1n) is 5.72. The molecule has 0 atom stereocenters. The SMILES string of the molecule is O=C(c1ccoc1)N(CCBr)C1CCCC1. The number of furan rings is 1. The van der Waals surface area contributed by atoms with Gasteiger partial charge in [0.15, 0.2) is 0 Å². The molecular formula is C12H16BrNO2.